The van der Waals surface area contributed by atoms with E-state index in [2.05, 4.69) is 9.47 Å². The minimum absolute atomic E-state index is 0.0140. The lowest BCUT2D eigenvalue weighted by atomic mass is 9.93. The Morgan fingerprint density at radius 3 is 2.58 bits per heavy atom. The Hall–Kier alpha value is -3.76. The van der Waals surface area contributed by atoms with Crippen molar-refractivity contribution in [2.45, 2.75) is 31.0 Å². The number of para-hydroxylation sites is 1. The second-order valence-corrected chi connectivity index (χ2v) is 7.76. The van der Waals surface area contributed by atoms with E-state index in [-0.39, 0.29) is 41.6 Å². The Morgan fingerprint density at radius 1 is 1.03 bits per heavy atom. The molecule has 6 rings (SSSR count). The molecule has 1 aromatic heterocycles. The van der Waals surface area contributed by atoms with Crippen LogP contribution in [0.4, 0.5) is 27.6 Å². The fraction of sp³-hybridized carbons (Fsp3) is 0.227. The molecule has 11 heteroatoms. The van der Waals surface area contributed by atoms with E-state index >= 15 is 0 Å². The van der Waals surface area contributed by atoms with Crippen LogP contribution in [0.2, 0.25) is 0 Å². The zero-order chi connectivity index (χ0) is 23.2. The van der Waals surface area contributed by atoms with E-state index < -0.39 is 29.7 Å². The van der Waals surface area contributed by atoms with E-state index in [0.29, 0.717) is 11.3 Å². The number of carbonyl (C=O) groups excluding carboxylic acids is 1. The van der Waals surface area contributed by atoms with Gasteiger partial charge < -0.3 is 23.5 Å². The predicted molar refractivity (Wildman–Crippen MR) is 99.0 cm³/mol. The van der Waals surface area contributed by atoms with Crippen LogP contribution in [0.15, 0.2) is 75.8 Å². The topological polar surface area (TPSA) is 61.1 Å². The smallest absolute Gasteiger partial charge is 0.468 e. The molecule has 4 heterocycles. The number of fused-ring (bicyclic) bond motifs is 4. The Kier molecular flexibility index (Phi) is 3.72. The van der Waals surface area contributed by atoms with Crippen LogP contribution < -0.4 is 4.90 Å². The third-order valence-electron chi connectivity index (χ3n) is 5.73. The zero-order valence-corrected chi connectivity index (χ0v) is 16.4. The molecule has 2 aromatic rings. The molecule has 0 radical (unpaired) electrons. The number of carbonyl (C=O) groups is 1. The second-order valence-electron chi connectivity index (χ2n) is 7.76. The number of hydrogen-bond acceptors (Lipinski definition) is 5. The van der Waals surface area contributed by atoms with Gasteiger partial charge in [-0.1, -0.05) is 18.2 Å². The highest BCUT2D eigenvalue weighted by atomic mass is 19.4. The molecule has 33 heavy (non-hydrogen) atoms. The predicted octanol–water partition coefficient (Wildman–Crippen LogP) is 5.09. The van der Waals surface area contributed by atoms with Crippen LogP contribution in [0.5, 0.6) is 0 Å². The van der Waals surface area contributed by atoms with Crippen LogP contribution in [0.1, 0.15) is 23.5 Å². The lowest BCUT2D eigenvalue weighted by Crippen LogP contribution is -2.38. The maximum Gasteiger partial charge on any atom is 0.585 e. The van der Waals surface area contributed by atoms with Crippen molar-refractivity contribution in [3.05, 3.63) is 88.5 Å². The van der Waals surface area contributed by atoms with Gasteiger partial charge in [-0.25, -0.2) is 0 Å². The van der Waals surface area contributed by atoms with Crippen LogP contribution in [0.3, 0.4) is 0 Å². The molecule has 1 spiro atoms. The molecule has 0 N–H and O–H groups in total. The highest BCUT2D eigenvalue weighted by Crippen LogP contribution is 2.54. The minimum atomic E-state index is -4.66. The number of halogens is 5. The maximum absolute atomic E-state index is 13.6. The number of allylic oxidation sites excluding steroid dienone is 1. The molecule has 4 aliphatic rings. The first kappa shape index (κ1) is 19.9. The van der Waals surface area contributed by atoms with Crippen molar-refractivity contribution in [1.29, 1.82) is 0 Å². The molecule has 6 nitrogen and oxygen atoms in total. The fourth-order valence-electron chi connectivity index (χ4n) is 4.39. The third kappa shape index (κ3) is 2.81. The van der Waals surface area contributed by atoms with E-state index in [1.165, 1.54) is 17.1 Å². The van der Waals surface area contributed by atoms with Crippen molar-refractivity contribution in [3.8, 4) is 0 Å². The Morgan fingerprint density at radius 2 is 1.82 bits per heavy atom. The first-order chi connectivity index (χ1) is 15.6. The normalized spacial score (nSPS) is 24.6. The first-order valence-electron chi connectivity index (χ1n) is 9.76. The SMILES string of the molecule is O=C1N(Cc2ccc(C(F)(F)F)o2)c2ccccc2C12C=C1C(=CCC3=C1OC(F)(F)O3)O2. The van der Waals surface area contributed by atoms with Gasteiger partial charge in [0.05, 0.1) is 17.8 Å². The molecule has 1 aliphatic carbocycles. The summed E-state index contributed by atoms with van der Waals surface area (Å²) in [7, 11) is 0. The molecule has 0 fully saturated rings. The molecule has 0 saturated heterocycles. The monoisotopic (exact) mass is 465 g/mol. The van der Waals surface area contributed by atoms with Crippen molar-refractivity contribution in [3.63, 3.8) is 0 Å². The summed E-state index contributed by atoms with van der Waals surface area (Å²) in [5, 5.41) is 0. The molecule has 170 valence electrons. The van der Waals surface area contributed by atoms with Crippen molar-refractivity contribution >= 4 is 11.6 Å². The van der Waals surface area contributed by atoms with Crippen LogP contribution in [-0.4, -0.2) is 12.2 Å². The van der Waals surface area contributed by atoms with Gasteiger partial charge in [0.2, 0.25) is 11.4 Å². The number of amides is 1. The average molecular weight is 465 g/mol. The van der Waals surface area contributed by atoms with E-state index in [1.54, 1.807) is 24.3 Å². The second kappa shape index (κ2) is 6.18. The molecule has 0 bridgehead atoms. The molecule has 1 aromatic carbocycles. The molecule has 0 saturated carbocycles. The van der Waals surface area contributed by atoms with Gasteiger partial charge in [0.25, 0.3) is 5.91 Å². The van der Waals surface area contributed by atoms with Gasteiger partial charge in [0.1, 0.15) is 11.5 Å². The van der Waals surface area contributed by atoms with Crippen LogP contribution >= 0.6 is 0 Å². The van der Waals surface area contributed by atoms with E-state index in [9.17, 15) is 26.7 Å². The highest BCUT2D eigenvalue weighted by molar-refractivity contribution is 6.09. The van der Waals surface area contributed by atoms with Crippen molar-refractivity contribution in [2.75, 3.05) is 4.90 Å². The van der Waals surface area contributed by atoms with E-state index in [1.807, 2.05) is 0 Å². The van der Waals surface area contributed by atoms with Gasteiger partial charge >= 0.3 is 12.5 Å². The number of rotatable bonds is 2. The van der Waals surface area contributed by atoms with Crippen molar-refractivity contribution in [1.82, 2.24) is 0 Å². The number of nitrogens with zero attached hydrogens (tertiary/aromatic N) is 1. The number of hydrogen-bond donors (Lipinski definition) is 0. The summed E-state index contributed by atoms with van der Waals surface area (Å²) in [5.74, 6) is -1.98. The maximum atomic E-state index is 13.6. The highest BCUT2D eigenvalue weighted by Gasteiger charge is 2.58. The first-order valence-corrected chi connectivity index (χ1v) is 9.76. The van der Waals surface area contributed by atoms with Crippen molar-refractivity contribution in [2.24, 2.45) is 0 Å². The molecular weight excluding hydrogens is 453 g/mol. The Bertz CT molecular complexity index is 1300. The largest absolute Gasteiger partial charge is 0.585 e. The average Bonchev–Trinajstić information content (AvgIpc) is 3.48. The van der Waals surface area contributed by atoms with Crippen molar-refractivity contribution < 1.29 is 45.4 Å². The van der Waals surface area contributed by atoms with E-state index in [4.69, 9.17) is 9.15 Å². The van der Waals surface area contributed by atoms with Gasteiger partial charge in [-0.2, -0.15) is 13.2 Å². The summed E-state index contributed by atoms with van der Waals surface area (Å²) in [5.41, 5.74) is -0.739. The van der Waals surface area contributed by atoms with Crippen LogP contribution in [0, 0.1) is 0 Å². The molecular formula is C22H12F5NO5. The standard InChI is InChI=1S/C22H12F5NO5/c23-21(24,25)17-8-5-11(30-17)10-28-14-4-2-1-3-13(14)20(19(28)29)9-12-15(31-20)6-7-16-18(12)33-22(26,27)32-16/h1-6,8-9H,7,10H2. The quantitative estimate of drug-likeness (QED) is 0.578. The molecule has 3 aliphatic heterocycles. The van der Waals surface area contributed by atoms with Gasteiger partial charge in [0, 0.05) is 12.0 Å². The summed E-state index contributed by atoms with van der Waals surface area (Å²) in [6, 6.07) is 8.49. The van der Waals surface area contributed by atoms with Gasteiger partial charge in [-0.05, 0) is 30.4 Å². The minimum Gasteiger partial charge on any atom is -0.468 e. The molecule has 1 atom stereocenters. The molecule has 1 unspecified atom stereocenters. The summed E-state index contributed by atoms with van der Waals surface area (Å²) < 4.78 is 86.1. The van der Waals surface area contributed by atoms with Gasteiger partial charge in [-0.3, -0.25) is 4.79 Å². The van der Waals surface area contributed by atoms with E-state index in [0.717, 1.165) is 12.1 Å². The fourth-order valence-corrected chi connectivity index (χ4v) is 4.39. The number of benzene rings is 1. The van der Waals surface area contributed by atoms with Gasteiger partial charge in [0.15, 0.2) is 11.5 Å². The van der Waals surface area contributed by atoms with Crippen LogP contribution in [0.25, 0.3) is 0 Å². The summed E-state index contributed by atoms with van der Waals surface area (Å²) in [6.07, 6.45) is -5.62. The Labute approximate surface area is 182 Å². The summed E-state index contributed by atoms with van der Waals surface area (Å²) in [6.45, 7) is -0.287. The van der Waals surface area contributed by atoms with Gasteiger partial charge in [-0.15, -0.1) is 8.78 Å². The number of ether oxygens (including phenoxy) is 3. The summed E-state index contributed by atoms with van der Waals surface area (Å²) in [4.78, 5) is 14.8. The zero-order valence-electron chi connectivity index (χ0n) is 16.4. The Balaban J connectivity index is 1.40. The number of anilines is 1. The number of furan rings is 1. The van der Waals surface area contributed by atoms with Crippen LogP contribution in [-0.2, 0) is 37.3 Å². The number of alkyl halides is 5. The lowest BCUT2D eigenvalue weighted by Gasteiger charge is -2.23. The molecule has 1 amide bonds. The lowest BCUT2D eigenvalue weighted by molar-refractivity contribution is -0.336. The third-order valence-corrected chi connectivity index (χ3v) is 5.73. The summed E-state index contributed by atoms with van der Waals surface area (Å²) >= 11 is 0.